The zero-order valence-corrected chi connectivity index (χ0v) is 16.4. The van der Waals surface area contributed by atoms with Crippen molar-refractivity contribution in [1.82, 2.24) is 9.47 Å². The number of aromatic nitrogens is 1. The van der Waals surface area contributed by atoms with Crippen molar-refractivity contribution in [2.24, 2.45) is 0 Å². The highest BCUT2D eigenvalue weighted by Gasteiger charge is 2.18. The fourth-order valence-electron chi connectivity index (χ4n) is 2.81. The molecule has 0 aliphatic heterocycles. The summed E-state index contributed by atoms with van der Waals surface area (Å²) in [5.41, 5.74) is 1.08. The Balaban J connectivity index is 1.62. The topological polar surface area (TPSA) is 77.8 Å². The highest BCUT2D eigenvalue weighted by Crippen LogP contribution is 2.22. The van der Waals surface area contributed by atoms with Gasteiger partial charge in [-0.2, -0.15) is 0 Å². The number of para-hydroxylation sites is 1. The van der Waals surface area contributed by atoms with Crippen molar-refractivity contribution in [2.75, 3.05) is 20.8 Å². The molecule has 0 fully saturated rings. The monoisotopic (exact) mass is 400 g/mol. The Bertz CT molecular complexity index is 993. The van der Waals surface area contributed by atoms with E-state index in [4.69, 9.17) is 9.47 Å². The number of likely N-dealkylation sites (N-methyl/N-ethyl adjacent to an activating group) is 1. The molecule has 8 heteroatoms. The molecular formula is C20H20N2O5S. The Morgan fingerprint density at radius 1 is 1.14 bits per heavy atom. The first-order valence-corrected chi connectivity index (χ1v) is 9.45. The third-order valence-electron chi connectivity index (χ3n) is 4.25. The molecule has 3 rings (SSSR count). The van der Waals surface area contributed by atoms with E-state index in [9.17, 15) is 14.4 Å². The number of nitrogens with zero attached hydrogens (tertiary/aromatic N) is 2. The van der Waals surface area contributed by atoms with Crippen LogP contribution in [0.4, 0.5) is 0 Å². The lowest BCUT2D eigenvalue weighted by atomic mass is 10.2. The Labute approximate surface area is 166 Å². The minimum Gasteiger partial charge on any atom is -0.465 e. The molecule has 28 heavy (non-hydrogen) atoms. The number of fused-ring (bicyclic) bond motifs is 1. The summed E-state index contributed by atoms with van der Waals surface area (Å²) in [6.07, 6.45) is 1.56. The van der Waals surface area contributed by atoms with E-state index in [1.807, 2.05) is 23.6 Å². The molecule has 7 nitrogen and oxygen atoms in total. The van der Waals surface area contributed by atoms with E-state index >= 15 is 0 Å². The minimum absolute atomic E-state index is 0.112. The molecule has 0 bridgehead atoms. The molecule has 0 atom stereocenters. The molecule has 0 radical (unpaired) electrons. The number of rotatable bonds is 7. The van der Waals surface area contributed by atoms with Gasteiger partial charge in [0.1, 0.15) is 6.54 Å². The van der Waals surface area contributed by atoms with Crippen LogP contribution in [0.25, 0.3) is 10.9 Å². The Morgan fingerprint density at radius 2 is 1.93 bits per heavy atom. The van der Waals surface area contributed by atoms with E-state index in [2.05, 4.69) is 0 Å². The van der Waals surface area contributed by atoms with Gasteiger partial charge < -0.3 is 18.9 Å². The van der Waals surface area contributed by atoms with Gasteiger partial charge in [0.25, 0.3) is 5.91 Å². The Morgan fingerprint density at radius 3 is 2.64 bits per heavy atom. The van der Waals surface area contributed by atoms with Crippen LogP contribution in [0.2, 0.25) is 0 Å². The van der Waals surface area contributed by atoms with Gasteiger partial charge in [-0.05, 0) is 17.5 Å². The normalized spacial score (nSPS) is 10.6. The standard InChI is InChI=1S/C20H20N2O5S/c1-21(10-14-6-5-9-28-14)18(23)13-27-19(24)12-22-11-16(20(25)26-2)15-7-3-4-8-17(15)22/h3-9,11H,10,12-13H2,1-2H3. The quantitative estimate of drug-likeness (QED) is 0.570. The van der Waals surface area contributed by atoms with Crippen LogP contribution in [0.3, 0.4) is 0 Å². The fraction of sp³-hybridized carbons (Fsp3) is 0.250. The molecule has 0 N–H and O–H groups in total. The Hall–Kier alpha value is -3.13. The van der Waals surface area contributed by atoms with Crippen LogP contribution in [0.5, 0.6) is 0 Å². The predicted octanol–water partition coefficient (Wildman–Crippen LogP) is 2.69. The molecule has 0 unspecified atom stereocenters. The van der Waals surface area contributed by atoms with Crippen LogP contribution >= 0.6 is 11.3 Å². The smallest absolute Gasteiger partial charge is 0.340 e. The van der Waals surface area contributed by atoms with E-state index in [1.54, 1.807) is 47.3 Å². The number of hydrogen-bond acceptors (Lipinski definition) is 6. The lowest BCUT2D eigenvalue weighted by molar-refractivity contribution is -0.152. The summed E-state index contributed by atoms with van der Waals surface area (Å²) in [5, 5.41) is 2.63. The lowest BCUT2D eigenvalue weighted by Gasteiger charge is -2.16. The van der Waals surface area contributed by atoms with Gasteiger partial charge in [-0.3, -0.25) is 9.59 Å². The van der Waals surface area contributed by atoms with Gasteiger partial charge in [0, 0.05) is 29.0 Å². The van der Waals surface area contributed by atoms with Crippen LogP contribution in [0.1, 0.15) is 15.2 Å². The van der Waals surface area contributed by atoms with Crippen molar-refractivity contribution in [2.45, 2.75) is 13.1 Å². The van der Waals surface area contributed by atoms with Crippen LogP contribution in [0, 0.1) is 0 Å². The SMILES string of the molecule is COC(=O)c1cn(CC(=O)OCC(=O)N(C)Cc2cccs2)c2ccccc12. The van der Waals surface area contributed by atoms with E-state index in [0.717, 1.165) is 4.88 Å². The number of thiophene rings is 1. The first-order valence-electron chi connectivity index (χ1n) is 8.57. The molecule has 0 aliphatic rings. The number of carbonyl (C=O) groups excluding carboxylic acids is 3. The van der Waals surface area contributed by atoms with Crippen molar-refractivity contribution in [3.05, 3.63) is 58.4 Å². The zero-order valence-electron chi connectivity index (χ0n) is 15.6. The maximum absolute atomic E-state index is 12.2. The zero-order chi connectivity index (χ0) is 20.1. The van der Waals surface area contributed by atoms with Crippen LogP contribution in [0.15, 0.2) is 48.0 Å². The second-order valence-corrected chi connectivity index (χ2v) is 7.20. The second kappa shape index (κ2) is 8.71. The second-order valence-electron chi connectivity index (χ2n) is 6.17. The number of amides is 1. The Kier molecular flexibility index (Phi) is 6.10. The average molecular weight is 400 g/mol. The number of carbonyl (C=O) groups is 3. The van der Waals surface area contributed by atoms with Crippen molar-refractivity contribution in [3.63, 3.8) is 0 Å². The summed E-state index contributed by atoms with van der Waals surface area (Å²) in [4.78, 5) is 38.9. The van der Waals surface area contributed by atoms with Crippen LogP contribution < -0.4 is 0 Å². The number of ether oxygens (including phenoxy) is 2. The lowest BCUT2D eigenvalue weighted by Crippen LogP contribution is -2.31. The minimum atomic E-state index is -0.560. The maximum Gasteiger partial charge on any atom is 0.340 e. The molecule has 0 saturated heterocycles. The van der Waals surface area contributed by atoms with Crippen molar-refractivity contribution >= 4 is 40.1 Å². The molecule has 0 aliphatic carbocycles. The number of benzene rings is 1. The van der Waals surface area contributed by atoms with E-state index in [-0.39, 0.29) is 19.1 Å². The molecule has 0 spiro atoms. The highest BCUT2D eigenvalue weighted by atomic mass is 32.1. The number of hydrogen-bond donors (Lipinski definition) is 0. The summed E-state index contributed by atoms with van der Waals surface area (Å²) < 4.78 is 11.5. The molecule has 3 aromatic rings. The summed E-state index contributed by atoms with van der Waals surface area (Å²) >= 11 is 1.56. The van der Waals surface area contributed by atoms with E-state index < -0.39 is 11.9 Å². The predicted molar refractivity (Wildman–Crippen MR) is 105 cm³/mol. The summed E-state index contributed by atoms with van der Waals surface area (Å²) in [5.74, 6) is -1.32. The summed E-state index contributed by atoms with van der Waals surface area (Å²) in [7, 11) is 2.97. The van der Waals surface area contributed by atoms with Gasteiger partial charge in [-0.15, -0.1) is 11.3 Å². The van der Waals surface area contributed by atoms with Crippen LogP contribution in [-0.2, 0) is 32.2 Å². The summed E-state index contributed by atoms with van der Waals surface area (Å²) in [6.45, 7) is 0.0297. The van der Waals surface area contributed by atoms with Crippen LogP contribution in [-0.4, -0.2) is 48.1 Å². The number of esters is 2. The first-order chi connectivity index (χ1) is 13.5. The van der Waals surface area contributed by atoms with Gasteiger partial charge in [0.05, 0.1) is 19.2 Å². The third-order valence-corrected chi connectivity index (χ3v) is 5.11. The highest BCUT2D eigenvalue weighted by molar-refractivity contribution is 7.09. The van der Waals surface area contributed by atoms with Crippen molar-refractivity contribution in [1.29, 1.82) is 0 Å². The molecule has 146 valence electrons. The van der Waals surface area contributed by atoms with Gasteiger partial charge in [0.2, 0.25) is 0 Å². The molecule has 0 saturated carbocycles. The van der Waals surface area contributed by atoms with Gasteiger partial charge in [-0.1, -0.05) is 24.3 Å². The molecular weight excluding hydrogens is 380 g/mol. The first kappa shape index (κ1) is 19.6. The fourth-order valence-corrected chi connectivity index (χ4v) is 3.57. The summed E-state index contributed by atoms with van der Waals surface area (Å²) in [6, 6.07) is 11.1. The number of methoxy groups -OCH3 is 1. The van der Waals surface area contributed by atoms with E-state index in [1.165, 1.54) is 12.0 Å². The molecule has 1 amide bonds. The molecule has 2 aromatic heterocycles. The van der Waals surface area contributed by atoms with Gasteiger partial charge >= 0.3 is 11.9 Å². The largest absolute Gasteiger partial charge is 0.465 e. The van der Waals surface area contributed by atoms with Gasteiger partial charge in [0.15, 0.2) is 6.61 Å². The molecule has 1 aromatic carbocycles. The maximum atomic E-state index is 12.2. The average Bonchev–Trinajstić information content (AvgIpc) is 3.34. The van der Waals surface area contributed by atoms with Gasteiger partial charge in [-0.25, -0.2) is 4.79 Å². The van der Waals surface area contributed by atoms with E-state index in [0.29, 0.717) is 23.0 Å². The molecule has 2 heterocycles. The van der Waals surface area contributed by atoms with Crippen molar-refractivity contribution in [3.8, 4) is 0 Å². The third kappa shape index (κ3) is 4.40. The van der Waals surface area contributed by atoms with Crippen molar-refractivity contribution < 1.29 is 23.9 Å².